The van der Waals surface area contributed by atoms with Crippen molar-refractivity contribution in [2.75, 3.05) is 33.4 Å². The Morgan fingerprint density at radius 2 is 1.83 bits per heavy atom. The van der Waals surface area contributed by atoms with Crippen molar-refractivity contribution < 1.29 is 19.0 Å². The van der Waals surface area contributed by atoms with Gasteiger partial charge in [0.2, 0.25) is 0 Å². The third kappa shape index (κ3) is 5.46. The lowest BCUT2D eigenvalue weighted by atomic mass is 10.3. The molecule has 0 aliphatic rings. The van der Waals surface area contributed by atoms with Gasteiger partial charge in [-0.05, 0) is 31.2 Å². The molecule has 1 amide bonds. The molecule has 0 N–H and O–H groups in total. The van der Waals surface area contributed by atoms with Crippen LogP contribution < -0.4 is 14.2 Å². The zero-order valence-corrected chi connectivity index (χ0v) is 14.0. The van der Waals surface area contributed by atoms with Crippen molar-refractivity contribution in [1.82, 2.24) is 9.88 Å². The molecule has 1 heterocycles. The van der Waals surface area contributed by atoms with Crippen LogP contribution >= 0.6 is 0 Å². The number of benzene rings is 1. The number of likely N-dealkylation sites (N-methyl/N-ethyl adjacent to an activating group) is 1. The van der Waals surface area contributed by atoms with Crippen molar-refractivity contribution in [3.05, 3.63) is 48.8 Å². The summed E-state index contributed by atoms with van der Waals surface area (Å²) in [5.41, 5.74) is 0. The molecule has 0 saturated carbocycles. The highest BCUT2D eigenvalue weighted by atomic mass is 16.5. The predicted octanol–water partition coefficient (Wildman–Crippen LogP) is 2.40. The first kappa shape index (κ1) is 17.6. The zero-order chi connectivity index (χ0) is 17.2. The monoisotopic (exact) mass is 330 g/mol. The predicted molar refractivity (Wildman–Crippen MR) is 90.5 cm³/mol. The van der Waals surface area contributed by atoms with Crippen molar-refractivity contribution in [3.63, 3.8) is 0 Å². The molecule has 1 aromatic heterocycles. The minimum atomic E-state index is -0.124. The van der Waals surface area contributed by atoms with Crippen LogP contribution in [0.1, 0.15) is 6.92 Å². The Labute approximate surface area is 142 Å². The number of hydrogen-bond donors (Lipinski definition) is 0. The van der Waals surface area contributed by atoms with Gasteiger partial charge in [-0.2, -0.15) is 0 Å². The molecule has 2 rings (SSSR count). The van der Waals surface area contributed by atoms with Crippen LogP contribution in [-0.4, -0.2) is 49.2 Å². The van der Waals surface area contributed by atoms with E-state index < -0.39 is 0 Å². The largest absolute Gasteiger partial charge is 0.490 e. The molecule has 0 fully saturated rings. The van der Waals surface area contributed by atoms with Gasteiger partial charge in [0.25, 0.3) is 5.91 Å². The molecule has 6 heteroatoms. The number of para-hydroxylation sites is 2. The quantitative estimate of drug-likeness (QED) is 0.706. The molecule has 0 spiro atoms. The number of hydrogen-bond acceptors (Lipinski definition) is 5. The number of nitrogens with zero attached hydrogens (tertiary/aromatic N) is 2. The molecule has 0 bridgehead atoms. The highest BCUT2D eigenvalue weighted by molar-refractivity contribution is 5.77. The second-order valence-corrected chi connectivity index (χ2v) is 5.02. The minimum Gasteiger partial charge on any atom is -0.490 e. The summed E-state index contributed by atoms with van der Waals surface area (Å²) in [6.45, 7) is 3.29. The third-order valence-corrected chi connectivity index (χ3v) is 3.26. The van der Waals surface area contributed by atoms with Gasteiger partial charge in [-0.1, -0.05) is 12.1 Å². The molecule has 0 radical (unpaired) electrons. The molecule has 6 nitrogen and oxygen atoms in total. The van der Waals surface area contributed by atoms with E-state index in [1.54, 1.807) is 36.5 Å². The number of carbonyl (C=O) groups is 1. The summed E-state index contributed by atoms with van der Waals surface area (Å²) in [6.07, 6.45) is 3.22. The minimum absolute atomic E-state index is 0.0300. The standard InChI is InChI=1S/C18H22N2O4/c1-3-22-16-8-4-5-9-17(16)23-12-11-20(2)18(21)14-24-15-7-6-10-19-13-15/h4-10,13H,3,11-12,14H2,1-2H3. The normalized spacial score (nSPS) is 10.1. The average molecular weight is 330 g/mol. The van der Waals surface area contributed by atoms with Crippen molar-refractivity contribution >= 4 is 5.91 Å². The van der Waals surface area contributed by atoms with Gasteiger partial charge in [0.1, 0.15) is 12.4 Å². The van der Waals surface area contributed by atoms with Gasteiger partial charge in [0.05, 0.1) is 19.3 Å². The number of aromatic nitrogens is 1. The van der Waals surface area contributed by atoms with E-state index in [9.17, 15) is 4.79 Å². The van der Waals surface area contributed by atoms with Gasteiger partial charge in [-0.3, -0.25) is 9.78 Å². The van der Waals surface area contributed by atoms with E-state index in [1.165, 1.54) is 0 Å². The molecule has 24 heavy (non-hydrogen) atoms. The van der Waals surface area contributed by atoms with Crippen molar-refractivity contribution in [3.8, 4) is 17.2 Å². The molecular weight excluding hydrogens is 308 g/mol. The van der Waals surface area contributed by atoms with E-state index in [1.807, 2.05) is 31.2 Å². The van der Waals surface area contributed by atoms with E-state index >= 15 is 0 Å². The molecule has 2 aromatic rings. The zero-order valence-electron chi connectivity index (χ0n) is 14.0. The first-order chi connectivity index (χ1) is 11.7. The Balaban J connectivity index is 1.74. The fraction of sp³-hybridized carbons (Fsp3) is 0.333. The Bertz CT molecular complexity index is 634. The van der Waals surface area contributed by atoms with Gasteiger partial charge in [-0.25, -0.2) is 0 Å². The Morgan fingerprint density at radius 3 is 2.50 bits per heavy atom. The van der Waals surface area contributed by atoms with Crippen molar-refractivity contribution in [1.29, 1.82) is 0 Å². The number of pyridine rings is 1. The lowest BCUT2D eigenvalue weighted by Crippen LogP contribution is -2.34. The van der Waals surface area contributed by atoms with E-state index in [2.05, 4.69) is 4.98 Å². The van der Waals surface area contributed by atoms with Crippen molar-refractivity contribution in [2.24, 2.45) is 0 Å². The average Bonchev–Trinajstić information content (AvgIpc) is 2.62. The SMILES string of the molecule is CCOc1ccccc1OCCN(C)C(=O)COc1cccnc1. The second kappa shape index (κ2) is 9.39. The van der Waals surface area contributed by atoms with E-state index in [0.717, 1.165) is 0 Å². The summed E-state index contributed by atoms with van der Waals surface area (Å²) >= 11 is 0. The smallest absolute Gasteiger partial charge is 0.260 e. The summed E-state index contributed by atoms with van der Waals surface area (Å²) in [4.78, 5) is 17.5. The summed E-state index contributed by atoms with van der Waals surface area (Å²) in [5.74, 6) is 1.82. The maximum absolute atomic E-state index is 12.0. The van der Waals surface area contributed by atoms with Crippen LogP contribution in [0.4, 0.5) is 0 Å². The number of carbonyl (C=O) groups excluding carboxylic acids is 1. The van der Waals surface area contributed by atoms with Gasteiger partial charge in [0, 0.05) is 13.2 Å². The highest BCUT2D eigenvalue weighted by Crippen LogP contribution is 2.26. The summed E-state index contributed by atoms with van der Waals surface area (Å²) < 4.78 is 16.6. The van der Waals surface area contributed by atoms with Gasteiger partial charge < -0.3 is 19.1 Å². The molecule has 1 aromatic carbocycles. The summed E-state index contributed by atoms with van der Waals surface area (Å²) in [6, 6.07) is 11.0. The maximum atomic E-state index is 12.0. The molecular formula is C18H22N2O4. The van der Waals surface area contributed by atoms with Crippen LogP contribution in [0.5, 0.6) is 17.2 Å². The fourth-order valence-electron chi connectivity index (χ4n) is 1.95. The van der Waals surface area contributed by atoms with Crippen LogP contribution in [0.3, 0.4) is 0 Å². The van der Waals surface area contributed by atoms with Crippen LogP contribution in [-0.2, 0) is 4.79 Å². The summed E-state index contributed by atoms with van der Waals surface area (Å²) in [7, 11) is 1.72. The van der Waals surface area contributed by atoms with Crippen LogP contribution in [0.15, 0.2) is 48.8 Å². The van der Waals surface area contributed by atoms with Crippen LogP contribution in [0, 0.1) is 0 Å². The fourth-order valence-corrected chi connectivity index (χ4v) is 1.95. The first-order valence-corrected chi connectivity index (χ1v) is 7.82. The van der Waals surface area contributed by atoms with E-state index in [4.69, 9.17) is 14.2 Å². The Kier molecular flexibility index (Phi) is 6.89. The lowest BCUT2D eigenvalue weighted by Gasteiger charge is -2.18. The van der Waals surface area contributed by atoms with E-state index in [-0.39, 0.29) is 12.5 Å². The lowest BCUT2D eigenvalue weighted by molar-refractivity contribution is -0.132. The molecule has 0 unspecified atom stereocenters. The first-order valence-electron chi connectivity index (χ1n) is 7.82. The third-order valence-electron chi connectivity index (χ3n) is 3.26. The maximum Gasteiger partial charge on any atom is 0.260 e. The van der Waals surface area contributed by atoms with Crippen LogP contribution in [0.25, 0.3) is 0 Å². The molecule has 0 aliphatic heterocycles. The van der Waals surface area contributed by atoms with Crippen LogP contribution in [0.2, 0.25) is 0 Å². The topological polar surface area (TPSA) is 60.9 Å². The van der Waals surface area contributed by atoms with E-state index in [0.29, 0.717) is 37.0 Å². The molecule has 0 atom stereocenters. The Morgan fingerprint density at radius 1 is 1.08 bits per heavy atom. The van der Waals surface area contributed by atoms with Gasteiger partial charge in [0.15, 0.2) is 18.1 Å². The second-order valence-electron chi connectivity index (χ2n) is 5.02. The number of rotatable bonds is 9. The Hall–Kier alpha value is -2.76. The van der Waals surface area contributed by atoms with Gasteiger partial charge in [-0.15, -0.1) is 0 Å². The van der Waals surface area contributed by atoms with Gasteiger partial charge >= 0.3 is 0 Å². The number of ether oxygens (including phenoxy) is 3. The molecule has 0 aliphatic carbocycles. The molecule has 128 valence electrons. The highest BCUT2D eigenvalue weighted by Gasteiger charge is 2.10. The summed E-state index contributed by atoms with van der Waals surface area (Å²) in [5, 5.41) is 0. The molecule has 0 saturated heterocycles. The van der Waals surface area contributed by atoms with Crippen molar-refractivity contribution in [2.45, 2.75) is 6.92 Å². The number of amides is 1.